The van der Waals surface area contributed by atoms with E-state index in [1.807, 2.05) is 68.4 Å². The fourth-order valence-corrected chi connectivity index (χ4v) is 9.38. The van der Waals surface area contributed by atoms with E-state index in [0.717, 1.165) is 17.7 Å². The molecular weight excluding hydrogens is 686 g/mol. The standard InChI is InChI=1S/C43H58FN5O5/c1-24(16-27-12-10-9-11-13-27)46-41(51)29-17-28(18-31(19-29)48(6)7)32-14-15-35(44)33(40(32)53-8)23-49-39(38(26(3)50)37(22-45)54-49)42(52)47-36-21-30-20-34(25(36)2)43(30,4)5/h9-15,17-19,24-26,30,34,36-39,50H,16,20-23,45H2,1-8H3,(H,46,51)(H,47,52)/t24-,25+,26+,30+,34-,36+,37+,38-,39+/m1/s1. The van der Waals surface area contributed by atoms with Crippen LogP contribution in [0, 0.1) is 34.9 Å². The Morgan fingerprint density at radius 1 is 1.11 bits per heavy atom. The molecule has 3 saturated carbocycles. The lowest BCUT2D eigenvalue weighted by Gasteiger charge is -2.62. The molecule has 11 heteroatoms. The SMILES string of the molecule is COc1c(-c2cc(C(=O)N[C@H](C)Cc3ccccc3)cc(N(C)C)c2)ccc(F)c1CN1O[C@@H](CN)[C@@H]([C@H](C)O)[C@H]1C(=O)N[C@H]1C[C@@H]2C[C@H]([C@@H]1C)C2(C)C. The van der Waals surface area contributed by atoms with Gasteiger partial charge in [-0.05, 0) is 97.7 Å². The summed E-state index contributed by atoms with van der Waals surface area (Å²) >= 11 is 0. The van der Waals surface area contributed by atoms with E-state index >= 15 is 4.39 Å². The molecule has 0 radical (unpaired) electrons. The average molecular weight is 744 g/mol. The highest BCUT2D eigenvalue weighted by Crippen LogP contribution is 2.61. The zero-order valence-corrected chi connectivity index (χ0v) is 32.9. The summed E-state index contributed by atoms with van der Waals surface area (Å²) in [6, 6.07) is 17.5. The molecule has 0 aromatic heterocycles. The molecule has 3 aliphatic carbocycles. The number of nitrogens with zero attached hydrogens (tertiary/aromatic N) is 2. The molecule has 0 spiro atoms. The summed E-state index contributed by atoms with van der Waals surface area (Å²) in [5.41, 5.74) is 10.2. The molecule has 5 N–H and O–H groups in total. The van der Waals surface area contributed by atoms with E-state index < -0.39 is 30.0 Å². The Bertz CT molecular complexity index is 1820. The van der Waals surface area contributed by atoms with Crippen LogP contribution in [0.3, 0.4) is 0 Å². The van der Waals surface area contributed by atoms with Crippen LogP contribution in [0.1, 0.15) is 68.9 Å². The maximum absolute atomic E-state index is 16.0. The van der Waals surface area contributed by atoms with Crippen molar-refractivity contribution in [1.29, 1.82) is 0 Å². The van der Waals surface area contributed by atoms with Gasteiger partial charge in [0.25, 0.3) is 5.91 Å². The highest BCUT2D eigenvalue weighted by molar-refractivity contribution is 5.97. The van der Waals surface area contributed by atoms with Crippen LogP contribution in [0.5, 0.6) is 5.75 Å². The van der Waals surface area contributed by atoms with Crippen molar-refractivity contribution in [2.75, 3.05) is 32.6 Å². The maximum Gasteiger partial charge on any atom is 0.251 e. The van der Waals surface area contributed by atoms with E-state index in [2.05, 4.69) is 31.4 Å². The third-order valence-corrected chi connectivity index (χ3v) is 12.6. The number of methoxy groups -OCH3 is 1. The second-order valence-electron chi connectivity index (χ2n) is 16.6. The summed E-state index contributed by atoms with van der Waals surface area (Å²) in [5, 5.41) is 18.9. The van der Waals surface area contributed by atoms with Crippen molar-refractivity contribution >= 4 is 17.5 Å². The summed E-state index contributed by atoms with van der Waals surface area (Å²) in [5.74, 6) is -0.0500. The predicted molar refractivity (Wildman–Crippen MR) is 209 cm³/mol. The van der Waals surface area contributed by atoms with E-state index in [0.29, 0.717) is 40.9 Å². The second-order valence-corrected chi connectivity index (χ2v) is 16.6. The van der Waals surface area contributed by atoms with Crippen LogP contribution in [0.15, 0.2) is 60.7 Å². The fraction of sp³-hybridized carbons (Fsp3) is 0.535. The van der Waals surface area contributed by atoms with Crippen molar-refractivity contribution in [3.8, 4) is 16.9 Å². The largest absolute Gasteiger partial charge is 0.496 e. The predicted octanol–water partition coefficient (Wildman–Crippen LogP) is 5.56. The molecule has 4 fully saturated rings. The molecule has 1 saturated heterocycles. The molecule has 292 valence electrons. The highest BCUT2D eigenvalue weighted by Gasteiger charge is 2.57. The first kappa shape index (κ1) is 39.7. The second kappa shape index (κ2) is 16.0. The highest BCUT2D eigenvalue weighted by atomic mass is 19.1. The number of ether oxygens (including phenoxy) is 1. The van der Waals surface area contributed by atoms with Gasteiger partial charge in [0, 0.05) is 61.0 Å². The quantitative estimate of drug-likeness (QED) is 0.179. The van der Waals surface area contributed by atoms with Crippen LogP contribution in [-0.4, -0.2) is 80.1 Å². The summed E-state index contributed by atoms with van der Waals surface area (Å²) in [6.45, 7) is 10.4. The van der Waals surface area contributed by atoms with E-state index in [1.54, 1.807) is 19.1 Å². The number of nitrogens with two attached hydrogens (primary N) is 1. The molecule has 7 rings (SSSR count). The Balaban J connectivity index is 1.30. The van der Waals surface area contributed by atoms with Crippen LogP contribution in [0.2, 0.25) is 0 Å². The van der Waals surface area contributed by atoms with Gasteiger partial charge in [-0.15, -0.1) is 0 Å². The third-order valence-electron chi connectivity index (χ3n) is 12.6. The number of carbonyl (C=O) groups excluding carboxylic acids is 2. The van der Waals surface area contributed by atoms with Crippen molar-refractivity contribution in [2.45, 2.75) is 90.8 Å². The first-order chi connectivity index (χ1) is 25.6. The number of hydrogen-bond donors (Lipinski definition) is 4. The number of benzene rings is 3. The number of amides is 2. The zero-order valence-electron chi connectivity index (χ0n) is 32.9. The van der Waals surface area contributed by atoms with E-state index in [9.17, 15) is 14.7 Å². The topological polar surface area (TPSA) is 129 Å². The maximum atomic E-state index is 16.0. The summed E-state index contributed by atoms with van der Waals surface area (Å²) in [7, 11) is 5.27. The van der Waals surface area contributed by atoms with Crippen molar-refractivity contribution in [3.63, 3.8) is 0 Å². The lowest BCUT2D eigenvalue weighted by molar-refractivity contribution is -0.176. The van der Waals surface area contributed by atoms with Crippen LogP contribution < -0.4 is 26.0 Å². The van der Waals surface area contributed by atoms with Crippen LogP contribution in [0.4, 0.5) is 10.1 Å². The van der Waals surface area contributed by atoms with E-state index in [4.69, 9.17) is 15.3 Å². The molecule has 4 aliphatic rings. The number of hydrogen-bond acceptors (Lipinski definition) is 8. The number of halogens is 1. The minimum atomic E-state index is -0.921. The Kier molecular flexibility index (Phi) is 11.7. The van der Waals surface area contributed by atoms with Crippen molar-refractivity contribution in [3.05, 3.63) is 83.2 Å². The van der Waals surface area contributed by atoms with Gasteiger partial charge in [-0.25, -0.2) is 4.39 Å². The first-order valence-corrected chi connectivity index (χ1v) is 19.3. The molecule has 0 unspecified atom stereocenters. The average Bonchev–Trinajstić information content (AvgIpc) is 3.51. The lowest BCUT2D eigenvalue weighted by atomic mass is 9.45. The van der Waals surface area contributed by atoms with Gasteiger partial charge in [0.05, 0.1) is 25.9 Å². The minimum Gasteiger partial charge on any atom is -0.496 e. The van der Waals surface area contributed by atoms with Gasteiger partial charge in [0.15, 0.2) is 0 Å². The monoisotopic (exact) mass is 743 g/mol. The number of rotatable bonds is 13. The molecule has 1 heterocycles. The Hall–Kier alpha value is -4.03. The van der Waals surface area contributed by atoms with Gasteiger partial charge >= 0.3 is 0 Å². The number of fused-ring (bicyclic) bond motifs is 2. The normalized spacial score (nSPS) is 27.1. The van der Waals surface area contributed by atoms with E-state index in [1.165, 1.54) is 24.7 Å². The van der Waals surface area contributed by atoms with Gasteiger partial charge in [0.1, 0.15) is 17.6 Å². The molecule has 54 heavy (non-hydrogen) atoms. The number of anilines is 1. The summed E-state index contributed by atoms with van der Waals surface area (Å²) in [4.78, 5) is 36.1. The molecular formula is C43H58FN5O5. The lowest BCUT2D eigenvalue weighted by Crippen LogP contribution is -2.62. The Labute approximate surface area is 319 Å². The van der Waals surface area contributed by atoms with Crippen molar-refractivity contribution < 1.29 is 28.7 Å². The zero-order chi connectivity index (χ0) is 39.1. The Morgan fingerprint density at radius 3 is 2.44 bits per heavy atom. The molecule has 2 amide bonds. The molecule has 1 aliphatic heterocycles. The number of aliphatic hydroxyl groups is 1. The van der Waals surface area contributed by atoms with Gasteiger partial charge in [-0.2, -0.15) is 5.06 Å². The third kappa shape index (κ3) is 7.74. The number of hydroxylamine groups is 2. The molecule has 9 atom stereocenters. The van der Waals surface area contributed by atoms with Gasteiger partial charge in [-0.3, -0.25) is 14.4 Å². The minimum absolute atomic E-state index is 0.00556. The number of carbonyl (C=O) groups is 2. The van der Waals surface area contributed by atoms with Crippen molar-refractivity contribution in [2.24, 2.45) is 34.8 Å². The van der Waals surface area contributed by atoms with Crippen LogP contribution in [-0.2, 0) is 22.6 Å². The number of aliphatic hydroxyl groups excluding tert-OH is 1. The molecule has 10 nitrogen and oxygen atoms in total. The molecule has 3 aromatic rings. The van der Waals surface area contributed by atoms with Gasteiger partial charge in [-0.1, -0.05) is 51.1 Å². The van der Waals surface area contributed by atoms with Crippen molar-refractivity contribution in [1.82, 2.24) is 15.7 Å². The Morgan fingerprint density at radius 2 is 1.83 bits per heavy atom. The smallest absolute Gasteiger partial charge is 0.251 e. The number of nitrogens with one attached hydrogen (secondary N) is 2. The summed E-state index contributed by atoms with van der Waals surface area (Å²) in [6.07, 6.45) is 1.18. The van der Waals surface area contributed by atoms with Gasteiger partial charge in [0.2, 0.25) is 5.91 Å². The van der Waals surface area contributed by atoms with Crippen LogP contribution >= 0.6 is 0 Å². The van der Waals surface area contributed by atoms with Gasteiger partial charge < -0.3 is 31.1 Å². The van der Waals surface area contributed by atoms with E-state index in [-0.39, 0.29) is 53.7 Å². The first-order valence-electron chi connectivity index (χ1n) is 19.3. The summed E-state index contributed by atoms with van der Waals surface area (Å²) < 4.78 is 22.0. The van der Waals surface area contributed by atoms with Crippen LogP contribution in [0.25, 0.3) is 11.1 Å². The fourth-order valence-electron chi connectivity index (χ4n) is 9.38. The molecule has 2 bridgehead atoms. The molecule has 3 aromatic carbocycles.